The Labute approximate surface area is 103 Å². The molecule has 1 aromatic rings. The average molecular weight is 262 g/mol. The van der Waals surface area contributed by atoms with Crippen molar-refractivity contribution in [3.63, 3.8) is 0 Å². The molecule has 0 saturated heterocycles. The number of hydrogen-bond donors (Lipinski definition) is 3. The molecule has 1 rings (SSSR count). The first-order valence-electron chi connectivity index (χ1n) is 4.09. The molecule has 2 N–H and O–H groups in total. The average Bonchev–Trinajstić information content (AvgIpc) is 2.22. The predicted molar refractivity (Wildman–Crippen MR) is 68.6 cm³/mol. The number of thiol groups is 1. The smallest absolute Gasteiger partial charge is 0.111 e. The van der Waals surface area contributed by atoms with Crippen molar-refractivity contribution in [3.05, 3.63) is 39.6 Å². The topological polar surface area (TPSA) is 44.1 Å². The number of aliphatic hydroxyl groups excluding tert-OH is 1. The van der Waals surface area contributed by atoms with Crippen molar-refractivity contribution < 1.29 is 5.11 Å². The van der Waals surface area contributed by atoms with Gasteiger partial charge < -0.3 is 10.5 Å². The molecule has 0 aliphatic rings. The van der Waals surface area contributed by atoms with Gasteiger partial charge in [-0.1, -0.05) is 29.3 Å². The summed E-state index contributed by atoms with van der Waals surface area (Å²) in [6.45, 7) is 0. The van der Waals surface area contributed by atoms with E-state index in [0.29, 0.717) is 15.6 Å². The van der Waals surface area contributed by atoms with E-state index >= 15 is 0 Å². The van der Waals surface area contributed by atoms with Crippen LogP contribution < -0.4 is 0 Å². The quantitative estimate of drug-likeness (QED) is 0.432. The van der Waals surface area contributed by atoms with Crippen molar-refractivity contribution in [3.8, 4) is 0 Å². The molecule has 1 aromatic carbocycles. The molecule has 1 unspecified atom stereocenters. The fourth-order valence-electron chi connectivity index (χ4n) is 0.944. The molecule has 0 aromatic heterocycles. The fourth-order valence-corrected chi connectivity index (χ4v) is 1.32. The van der Waals surface area contributed by atoms with Gasteiger partial charge in [-0.2, -0.15) is 12.6 Å². The normalized spacial score (nSPS) is 13.7. The second-order valence-electron chi connectivity index (χ2n) is 2.85. The van der Waals surface area contributed by atoms with E-state index in [2.05, 4.69) is 12.6 Å². The summed E-state index contributed by atoms with van der Waals surface area (Å²) in [5, 5.41) is 16.7. The lowest BCUT2D eigenvalue weighted by Gasteiger charge is -2.03. The molecule has 1 atom stereocenters. The maximum atomic E-state index is 9.49. The zero-order valence-electron chi connectivity index (χ0n) is 7.61. The Morgan fingerprint density at radius 3 is 2.60 bits per heavy atom. The first-order chi connectivity index (χ1) is 7.04. The van der Waals surface area contributed by atoms with Crippen LogP contribution in [0.15, 0.2) is 24.0 Å². The van der Waals surface area contributed by atoms with Gasteiger partial charge in [0.05, 0.1) is 15.3 Å². The lowest BCUT2D eigenvalue weighted by atomic mass is 10.2. The third kappa shape index (κ3) is 3.45. The zero-order chi connectivity index (χ0) is 11.4. The summed E-state index contributed by atoms with van der Waals surface area (Å²) in [4.78, 5) is 0. The summed E-state index contributed by atoms with van der Waals surface area (Å²) in [7, 11) is 0. The Hall–Kier alpha value is -0.640. The van der Waals surface area contributed by atoms with Crippen molar-refractivity contribution >= 4 is 48.1 Å². The van der Waals surface area contributed by atoms with Crippen LogP contribution in [-0.4, -0.2) is 16.6 Å². The molecule has 0 radical (unpaired) electrons. The first kappa shape index (κ1) is 12.4. The van der Waals surface area contributed by atoms with Gasteiger partial charge in [0.2, 0.25) is 0 Å². The fraction of sp³-hybridized carbons (Fsp3) is 0.100. The standard InChI is InChI=1S/C10H9Cl2NOS/c11-7-2-1-6(3-8(7)12)4-9(14)10(15)5-13/h1-5,10,13-15H/b9-4-,13-5?. The molecule has 2 nitrogen and oxygen atoms in total. The lowest BCUT2D eigenvalue weighted by Crippen LogP contribution is -2.02. The monoisotopic (exact) mass is 261 g/mol. The minimum absolute atomic E-state index is 0.00766. The van der Waals surface area contributed by atoms with Crippen LogP contribution in [0.2, 0.25) is 10.0 Å². The van der Waals surface area contributed by atoms with Crippen molar-refractivity contribution in [2.75, 3.05) is 0 Å². The predicted octanol–water partition coefficient (Wildman–Crippen LogP) is 3.84. The second kappa shape index (κ2) is 5.45. The lowest BCUT2D eigenvalue weighted by molar-refractivity contribution is 0.415. The van der Waals surface area contributed by atoms with Crippen LogP contribution in [0.1, 0.15) is 5.56 Å². The van der Waals surface area contributed by atoms with E-state index in [-0.39, 0.29) is 5.76 Å². The molecule has 80 valence electrons. The van der Waals surface area contributed by atoms with Gasteiger partial charge in [-0.3, -0.25) is 0 Å². The van der Waals surface area contributed by atoms with Gasteiger partial charge in [0, 0.05) is 6.21 Å². The largest absolute Gasteiger partial charge is 0.511 e. The number of hydrogen-bond acceptors (Lipinski definition) is 3. The minimum atomic E-state index is -0.598. The number of nitrogens with one attached hydrogen (secondary N) is 1. The molecule has 0 fully saturated rings. The molecule has 0 saturated carbocycles. The molecule has 0 heterocycles. The van der Waals surface area contributed by atoms with Crippen molar-refractivity contribution in [1.82, 2.24) is 0 Å². The highest BCUT2D eigenvalue weighted by Crippen LogP contribution is 2.23. The van der Waals surface area contributed by atoms with E-state index in [0.717, 1.165) is 6.21 Å². The van der Waals surface area contributed by atoms with Crippen LogP contribution in [0.3, 0.4) is 0 Å². The van der Waals surface area contributed by atoms with Crippen molar-refractivity contribution in [2.45, 2.75) is 5.25 Å². The van der Waals surface area contributed by atoms with E-state index in [1.54, 1.807) is 18.2 Å². The molecule has 0 aliphatic heterocycles. The van der Waals surface area contributed by atoms with E-state index in [4.69, 9.17) is 28.6 Å². The summed E-state index contributed by atoms with van der Waals surface area (Å²) in [5.41, 5.74) is 0.711. The second-order valence-corrected chi connectivity index (χ2v) is 4.22. The molecule has 5 heteroatoms. The molecule has 15 heavy (non-hydrogen) atoms. The summed E-state index contributed by atoms with van der Waals surface area (Å²) in [6.07, 6.45) is 2.53. The Morgan fingerprint density at radius 1 is 1.40 bits per heavy atom. The number of rotatable bonds is 3. The molecular weight excluding hydrogens is 253 g/mol. The van der Waals surface area contributed by atoms with Crippen LogP contribution in [-0.2, 0) is 0 Å². The van der Waals surface area contributed by atoms with Crippen LogP contribution >= 0.6 is 35.8 Å². The highest BCUT2D eigenvalue weighted by molar-refractivity contribution is 7.82. The third-order valence-corrected chi connectivity index (χ3v) is 2.87. The summed E-state index contributed by atoms with van der Waals surface area (Å²) < 4.78 is 0. The Morgan fingerprint density at radius 2 is 2.07 bits per heavy atom. The van der Waals surface area contributed by atoms with Gasteiger partial charge in [-0.25, -0.2) is 0 Å². The summed E-state index contributed by atoms with van der Waals surface area (Å²) in [5.74, 6) is -0.00766. The zero-order valence-corrected chi connectivity index (χ0v) is 10.0. The van der Waals surface area contributed by atoms with Crippen LogP contribution in [0, 0.1) is 5.41 Å². The SMILES string of the molecule is N=CC(S)/C(O)=C/c1ccc(Cl)c(Cl)c1. The summed E-state index contributed by atoms with van der Waals surface area (Å²) in [6, 6.07) is 4.99. The number of aliphatic hydroxyl groups is 1. The highest BCUT2D eigenvalue weighted by atomic mass is 35.5. The number of halogens is 2. The molecular formula is C10H9Cl2NOS. The van der Waals surface area contributed by atoms with E-state index in [9.17, 15) is 5.11 Å². The summed E-state index contributed by atoms with van der Waals surface area (Å²) >= 11 is 15.5. The van der Waals surface area contributed by atoms with Gasteiger partial charge in [0.15, 0.2) is 0 Å². The Bertz CT molecular complexity index is 406. The van der Waals surface area contributed by atoms with Gasteiger partial charge in [0.25, 0.3) is 0 Å². The van der Waals surface area contributed by atoms with Crippen LogP contribution in [0.4, 0.5) is 0 Å². The highest BCUT2D eigenvalue weighted by Gasteiger charge is 2.05. The maximum absolute atomic E-state index is 9.49. The van der Waals surface area contributed by atoms with Gasteiger partial charge in [0.1, 0.15) is 5.76 Å². The van der Waals surface area contributed by atoms with Crippen LogP contribution in [0.25, 0.3) is 6.08 Å². The molecule has 0 spiro atoms. The van der Waals surface area contributed by atoms with Crippen LogP contribution in [0.5, 0.6) is 0 Å². The van der Waals surface area contributed by atoms with Gasteiger partial charge in [-0.15, -0.1) is 0 Å². The van der Waals surface area contributed by atoms with Gasteiger partial charge >= 0.3 is 0 Å². The Balaban J connectivity index is 2.98. The van der Waals surface area contributed by atoms with E-state index < -0.39 is 5.25 Å². The molecule has 0 bridgehead atoms. The molecule has 0 aliphatic carbocycles. The third-order valence-electron chi connectivity index (χ3n) is 1.72. The Kier molecular flexibility index (Phi) is 4.51. The minimum Gasteiger partial charge on any atom is -0.511 e. The van der Waals surface area contributed by atoms with Gasteiger partial charge in [-0.05, 0) is 23.8 Å². The first-order valence-corrected chi connectivity index (χ1v) is 5.36. The maximum Gasteiger partial charge on any atom is 0.111 e. The van der Waals surface area contributed by atoms with Crippen molar-refractivity contribution in [2.24, 2.45) is 0 Å². The van der Waals surface area contributed by atoms with Crippen molar-refractivity contribution in [1.29, 1.82) is 5.41 Å². The van der Waals surface area contributed by atoms with E-state index in [1.165, 1.54) is 6.08 Å². The van der Waals surface area contributed by atoms with E-state index in [1.807, 2.05) is 0 Å². The number of benzene rings is 1. The molecule has 0 amide bonds.